The second kappa shape index (κ2) is 5.85. The Bertz CT molecular complexity index is 352. The van der Waals surface area contributed by atoms with E-state index >= 15 is 0 Å². The molecule has 2 rings (SSSR count). The predicted molar refractivity (Wildman–Crippen MR) is 69.4 cm³/mol. The maximum Gasteiger partial charge on any atom is 0.223 e. The molecule has 2 nitrogen and oxygen atoms in total. The van der Waals surface area contributed by atoms with Gasteiger partial charge >= 0.3 is 0 Å². The Morgan fingerprint density at radius 1 is 1.18 bits per heavy atom. The van der Waals surface area contributed by atoms with Crippen molar-refractivity contribution in [2.75, 3.05) is 0 Å². The lowest BCUT2D eigenvalue weighted by atomic mass is 9.82. The number of carbonyl (C=O) groups is 1. The van der Waals surface area contributed by atoms with Crippen LogP contribution in [0.1, 0.15) is 38.2 Å². The quantitative estimate of drug-likeness (QED) is 0.850. The SMILES string of the molecule is CC1CCC(C(=O)NCc2ccccc2)CC1. The molecule has 0 radical (unpaired) electrons. The first-order valence-corrected chi connectivity index (χ1v) is 6.57. The lowest BCUT2D eigenvalue weighted by molar-refractivity contribution is -0.126. The molecule has 17 heavy (non-hydrogen) atoms. The highest BCUT2D eigenvalue weighted by molar-refractivity contribution is 5.78. The van der Waals surface area contributed by atoms with Crippen LogP contribution in [0.5, 0.6) is 0 Å². The van der Waals surface area contributed by atoms with Crippen LogP contribution in [-0.2, 0) is 11.3 Å². The monoisotopic (exact) mass is 231 g/mol. The van der Waals surface area contributed by atoms with E-state index in [1.54, 1.807) is 0 Å². The molecule has 0 aromatic heterocycles. The van der Waals surface area contributed by atoms with Crippen LogP contribution in [0.25, 0.3) is 0 Å². The zero-order valence-corrected chi connectivity index (χ0v) is 10.5. The molecule has 1 saturated carbocycles. The third-order valence-corrected chi connectivity index (χ3v) is 3.70. The number of hydrogen-bond acceptors (Lipinski definition) is 1. The summed E-state index contributed by atoms with van der Waals surface area (Å²) in [4.78, 5) is 12.0. The van der Waals surface area contributed by atoms with Gasteiger partial charge in [-0.1, -0.05) is 37.3 Å². The molecule has 0 unspecified atom stereocenters. The summed E-state index contributed by atoms with van der Waals surface area (Å²) < 4.78 is 0. The van der Waals surface area contributed by atoms with Crippen LogP contribution in [0, 0.1) is 11.8 Å². The van der Waals surface area contributed by atoms with Crippen molar-refractivity contribution in [3.05, 3.63) is 35.9 Å². The van der Waals surface area contributed by atoms with Crippen LogP contribution in [0.2, 0.25) is 0 Å². The molecule has 1 N–H and O–H groups in total. The fourth-order valence-electron chi connectivity index (χ4n) is 2.45. The zero-order chi connectivity index (χ0) is 12.1. The fraction of sp³-hybridized carbons (Fsp3) is 0.533. The smallest absolute Gasteiger partial charge is 0.223 e. The minimum Gasteiger partial charge on any atom is -0.352 e. The number of carbonyl (C=O) groups excluding carboxylic acids is 1. The summed E-state index contributed by atoms with van der Waals surface area (Å²) in [6.07, 6.45) is 4.51. The summed E-state index contributed by atoms with van der Waals surface area (Å²) in [7, 11) is 0. The Balaban J connectivity index is 1.78. The van der Waals surface area contributed by atoms with Crippen molar-refractivity contribution in [3.63, 3.8) is 0 Å². The van der Waals surface area contributed by atoms with Crippen LogP contribution < -0.4 is 5.32 Å². The molecule has 1 aliphatic carbocycles. The van der Waals surface area contributed by atoms with Gasteiger partial charge in [-0.2, -0.15) is 0 Å². The molecule has 92 valence electrons. The van der Waals surface area contributed by atoms with Crippen molar-refractivity contribution < 1.29 is 4.79 Å². The highest BCUT2D eigenvalue weighted by Gasteiger charge is 2.23. The number of amides is 1. The van der Waals surface area contributed by atoms with Crippen molar-refractivity contribution in [2.45, 2.75) is 39.2 Å². The number of nitrogens with one attached hydrogen (secondary N) is 1. The summed E-state index contributed by atoms with van der Waals surface area (Å²) in [6, 6.07) is 10.1. The first kappa shape index (κ1) is 12.2. The van der Waals surface area contributed by atoms with Gasteiger partial charge in [-0.25, -0.2) is 0 Å². The van der Waals surface area contributed by atoms with Gasteiger partial charge in [0.15, 0.2) is 0 Å². The van der Waals surface area contributed by atoms with Crippen LogP contribution in [0.15, 0.2) is 30.3 Å². The number of hydrogen-bond donors (Lipinski definition) is 1. The van der Waals surface area contributed by atoms with Gasteiger partial charge in [-0.3, -0.25) is 4.79 Å². The van der Waals surface area contributed by atoms with Gasteiger partial charge in [0, 0.05) is 12.5 Å². The second-order valence-corrected chi connectivity index (χ2v) is 5.16. The van der Waals surface area contributed by atoms with Crippen molar-refractivity contribution in [2.24, 2.45) is 11.8 Å². The Hall–Kier alpha value is -1.31. The topological polar surface area (TPSA) is 29.1 Å². The molecule has 0 atom stereocenters. The first-order valence-electron chi connectivity index (χ1n) is 6.57. The summed E-state index contributed by atoms with van der Waals surface area (Å²) in [5, 5.41) is 3.04. The van der Waals surface area contributed by atoms with E-state index in [1.807, 2.05) is 30.3 Å². The summed E-state index contributed by atoms with van der Waals surface area (Å²) >= 11 is 0. The molecule has 0 heterocycles. The molecule has 1 amide bonds. The minimum absolute atomic E-state index is 0.237. The van der Waals surface area contributed by atoms with E-state index in [-0.39, 0.29) is 11.8 Å². The summed E-state index contributed by atoms with van der Waals surface area (Å²) in [5.41, 5.74) is 1.17. The average Bonchev–Trinajstić information content (AvgIpc) is 2.38. The van der Waals surface area contributed by atoms with E-state index in [4.69, 9.17) is 0 Å². The minimum atomic E-state index is 0.237. The Morgan fingerprint density at radius 3 is 2.47 bits per heavy atom. The Labute approximate surface area is 103 Å². The third kappa shape index (κ3) is 3.58. The molecule has 1 fully saturated rings. The molecule has 1 aromatic rings. The molecule has 0 aliphatic heterocycles. The highest BCUT2D eigenvalue weighted by atomic mass is 16.1. The maximum absolute atomic E-state index is 12.0. The van der Waals surface area contributed by atoms with Gasteiger partial charge in [-0.05, 0) is 37.2 Å². The van der Waals surface area contributed by atoms with E-state index in [1.165, 1.54) is 18.4 Å². The first-order chi connectivity index (χ1) is 8.25. The molecule has 1 aliphatic rings. The Kier molecular flexibility index (Phi) is 4.18. The fourth-order valence-corrected chi connectivity index (χ4v) is 2.45. The van der Waals surface area contributed by atoms with E-state index in [0.717, 1.165) is 18.8 Å². The maximum atomic E-state index is 12.0. The van der Waals surface area contributed by atoms with Crippen molar-refractivity contribution >= 4 is 5.91 Å². The summed E-state index contributed by atoms with van der Waals surface area (Å²) in [5.74, 6) is 1.28. The molecule has 0 bridgehead atoms. The Morgan fingerprint density at radius 2 is 1.82 bits per heavy atom. The average molecular weight is 231 g/mol. The lowest BCUT2D eigenvalue weighted by Crippen LogP contribution is -2.32. The highest BCUT2D eigenvalue weighted by Crippen LogP contribution is 2.28. The van der Waals surface area contributed by atoms with Crippen molar-refractivity contribution in [1.29, 1.82) is 0 Å². The van der Waals surface area contributed by atoms with Gasteiger partial charge in [-0.15, -0.1) is 0 Å². The normalized spacial score (nSPS) is 24.3. The largest absolute Gasteiger partial charge is 0.352 e. The van der Waals surface area contributed by atoms with Crippen molar-refractivity contribution in [3.8, 4) is 0 Å². The zero-order valence-electron chi connectivity index (χ0n) is 10.5. The van der Waals surface area contributed by atoms with Crippen molar-refractivity contribution in [1.82, 2.24) is 5.32 Å². The molecular weight excluding hydrogens is 210 g/mol. The van der Waals surface area contributed by atoms with E-state index in [9.17, 15) is 4.79 Å². The van der Waals surface area contributed by atoms with E-state index < -0.39 is 0 Å². The molecule has 2 heteroatoms. The van der Waals surface area contributed by atoms with Crippen LogP contribution in [0.4, 0.5) is 0 Å². The standard InChI is InChI=1S/C15H21NO/c1-12-7-9-14(10-8-12)15(17)16-11-13-5-3-2-4-6-13/h2-6,12,14H,7-11H2,1H3,(H,16,17). The lowest BCUT2D eigenvalue weighted by Gasteiger charge is -2.25. The van der Waals surface area contributed by atoms with Crippen LogP contribution in [-0.4, -0.2) is 5.91 Å². The van der Waals surface area contributed by atoms with Gasteiger partial charge in [0.25, 0.3) is 0 Å². The van der Waals surface area contributed by atoms with Gasteiger partial charge in [0.1, 0.15) is 0 Å². The van der Waals surface area contributed by atoms with E-state index in [0.29, 0.717) is 6.54 Å². The molecule has 0 saturated heterocycles. The third-order valence-electron chi connectivity index (χ3n) is 3.70. The van der Waals surface area contributed by atoms with Crippen LogP contribution >= 0.6 is 0 Å². The second-order valence-electron chi connectivity index (χ2n) is 5.16. The predicted octanol–water partition coefficient (Wildman–Crippen LogP) is 3.13. The number of benzene rings is 1. The van der Waals surface area contributed by atoms with Gasteiger partial charge in [0.2, 0.25) is 5.91 Å². The summed E-state index contributed by atoms with van der Waals surface area (Å²) in [6.45, 7) is 2.93. The molecule has 0 spiro atoms. The molecular formula is C15H21NO. The molecule has 1 aromatic carbocycles. The van der Waals surface area contributed by atoms with Gasteiger partial charge in [0.05, 0.1) is 0 Å². The van der Waals surface area contributed by atoms with Gasteiger partial charge < -0.3 is 5.32 Å². The number of rotatable bonds is 3. The van der Waals surface area contributed by atoms with E-state index in [2.05, 4.69) is 12.2 Å². The van der Waals surface area contributed by atoms with Crippen LogP contribution in [0.3, 0.4) is 0 Å².